The molecule has 0 radical (unpaired) electrons. The highest BCUT2D eigenvalue weighted by molar-refractivity contribution is 5.70. The number of carboxylic acids is 1. The van der Waals surface area contributed by atoms with Gasteiger partial charge in [-0.2, -0.15) is 0 Å². The lowest BCUT2D eigenvalue weighted by Gasteiger charge is -2.26. The third-order valence-corrected chi connectivity index (χ3v) is 11.0. The van der Waals surface area contributed by atoms with Gasteiger partial charge in [0.2, 0.25) is 0 Å². The Morgan fingerprint density at radius 2 is 0.864 bits per heavy atom. The van der Waals surface area contributed by atoms with Gasteiger partial charge < -0.3 is 33.3 Å². The highest BCUT2D eigenvalue weighted by Crippen LogP contribution is 2.16. The summed E-state index contributed by atoms with van der Waals surface area (Å²) in [6.45, 7) is 4.71. The highest BCUT2D eigenvalue weighted by atomic mass is 16.7. The summed E-state index contributed by atoms with van der Waals surface area (Å²) >= 11 is 0. The smallest absolute Gasteiger partial charge is 0.306 e. The number of allylic oxidation sites excluding steroid dienone is 2. The molecule has 0 aromatic heterocycles. The van der Waals surface area contributed by atoms with Crippen LogP contribution in [0.1, 0.15) is 232 Å². The van der Waals surface area contributed by atoms with Crippen molar-refractivity contribution in [1.82, 2.24) is 0 Å². The quantitative estimate of drug-likeness (QED) is 0.0196. The number of nitrogens with zero attached hydrogens (tertiary/aromatic N) is 1. The normalized spacial score (nSPS) is 12.9. The number of carbonyl (C=O) groups excluding carboxylic acids is 3. The first-order valence-electron chi connectivity index (χ1n) is 24.8. The van der Waals surface area contributed by atoms with E-state index in [0.717, 1.165) is 38.5 Å². The molecule has 0 spiro atoms. The molecule has 0 aliphatic rings. The third kappa shape index (κ3) is 43.9. The summed E-state index contributed by atoms with van der Waals surface area (Å²) in [5.41, 5.74) is 0. The van der Waals surface area contributed by atoms with Crippen molar-refractivity contribution in [3.63, 3.8) is 0 Å². The molecule has 0 aliphatic heterocycles. The van der Waals surface area contributed by atoms with Crippen molar-refractivity contribution in [2.45, 2.75) is 245 Å². The van der Waals surface area contributed by atoms with Crippen LogP contribution in [0.3, 0.4) is 0 Å². The molecule has 0 heterocycles. The zero-order valence-electron chi connectivity index (χ0n) is 39.4. The minimum absolute atomic E-state index is 0.151. The highest BCUT2D eigenvalue weighted by Gasteiger charge is 2.22. The van der Waals surface area contributed by atoms with Gasteiger partial charge in [0, 0.05) is 12.8 Å². The number of rotatable bonds is 46. The monoisotopic (exact) mass is 838 g/mol. The molecule has 0 saturated carbocycles. The maximum atomic E-state index is 12.7. The average Bonchev–Trinajstić information content (AvgIpc) is 3.19. The number of likely N-dealkylation sites (N-methyl/N-ethyl adjacent to an activating group) is 1. The lowest BCUT2D eigenvalue weighted by Crippen LogP contribution is -2.44. The first-order chi connectivity index (χ1) is 28.6. The number of carboxylic acid groups (broad SMARTS) is 1. The van der Waals surface area contributed by atoms with E-state index in [1.54, 1.807) is 0 Å². The SMILES string of the molecule is CCCCCCCCCC/C=C\CCCCCCCCCCCCCCCCCC(=O)OC(COC(=O)CCCCCCCCC)COC(OCC[N+](C)(C)C)C(=O)[O-]. The Kier molecular flexibility index (Phi) is 41.3. The fourth-order valence-electron chi connectivity index (χ4n) is 7.12. The zero-order chi connectivity index (χ0) is 43.5. The Bertz CT molecular complexity index is 980. The van der Waals surface area contributed by atoms with E-state index < -0.39 is 24.3 Å². The number of aliphatic carboxylic acids is 1. The minimum Gasteiger partial charge on any atom is -0.545 e. The van der Waals surface area contributed by atoms with Gasteiger partial charge in [-0.3, -0.25) is 9.59 Å². The van der Waals surface area contributed by atoms with Crippen molar-refractivity contribution in [3.8, 4) is 0 Å². The van der Waals surface area contributed by atoms with E-state index in [0.29, 0.717) is 17.4 Å². The van der Waals surface area contributed by atoms with Crippen LogP contribution in [-0.2, 0) is 33.3 Å². The van der Waals surface area contributed by atoms with Gasteiger partial charge >= 0.3 is 11.9 Å². The number of quaternary nitrogens is 1. The van der Waals surface area contributed by atoms with Crippen LogP contribution in [0.2, 0.25) is 0 Å². The second-order valence-electron chi connectivity index (χ2n) is 18.1. The standard InChI is InChI=1S/C50H95NO8/c1-6-8-10-12-14-15-16-17-18-19-20-21-22-23-24-25-26-27-28-29-30-31-32-33-35-37-39-41-48(53)59-46(44-57-47(52)40-38-36-34-13-11-9-7-2)45-58-50(49(54)55)56-43-42-51(3,4)5/h19-20,46,50H,6-18,21-45H2,1-5H3/b20-19-. The summed E-state index contributed by atoms with van der Waals surface area (Å²) < 4.78 is 22.5. The summed E-state index contributed by atoms with van der Waals surface area (Å²) in [4.78, 5) is 36.8. The Labute approximate surface area is 364 Å². The van der Waals surface area contributed by atoms with E-state index in [2.05, 4.69) is 26.0 Å². The van der Waals surface area contributed by atoms with Gasteiger partial charge in [-0.1, -0.05) is 193 Å². The molecule has 2 unspecified atom stereocenters. The van der Waals surface area contributed by atoms with Gasteiger partial charge in [-0.05, 0) is 38.5 Å². The molecule has 0 aliphatic carbocycles. The minimum atomic E-state index is -1.61. The van der Waals surface area contributed by atoms with Crippen LogP contribution in [0.25, 0.3) is 0 Å². The van der Waals surface area contributed by atoms with Crippen molar-refractivity contribution in [2.75, 3.05) is 47.5 Å². The Morgan fingerprint density at radius 3 is 1.25 bits per heavy atom. The zero-order valence-corrected chi connectivity index (χ0v) is 39.4. The summed E-state index contributed by atoms with van der Waals surface area (Å²) in [6.07, 6.45) is 42.9. The summed E-state index contributed by atoms with van der Waals surface area (Å²) in [7, 11) is 5.91. The van der Waals surface area contributed by atoms with E-state index >= 15 is 0 Å². The van der Waals surface area contributed by atoms with Crippen molar-refractivity contribution < 1.29 is 42.9 Å². The van der Waals surface area contributed by atoms with Crippen LogP contribution < -0.4 is 5.11 Å². The van der Waals surface area contributed by atoms with Gasteiger partial charge in [0.1, 0.15) is 13.2 Å². The van der Waals surface area contributed by atoms with Gasteiger partial charge in [-0.15, -0.1) is 0 Å². The van der Waals surface area contributed by atoms with E-state index in [1.807, 2.05) is 21.1 Å². The van der Waals surface area contributed by atoms with Gasteiger partial charge in [-0.25, -0.2) is 0 Å². The number of hydrogen-bond acceptors (Lipinski definition) is 8. The Hall–Kier alpha value is -1.97. The second-order valence-corrected chi connectivity index (χ2v) is 18.1. The molecule has 0 saturated heterocycles. The topological polar surface area (TPSA) is 111 Å². The molecule has 0 rings (SSSR count). The first-order valence-corrected chi connectivity index (χ1v) is 24.8. The molecular weight excluding hydrogens is 743 g/mol. The second kappa shape index (κ2) is 42.7. The molecule has 0 aromatic carbocycles. The molecule has 0 N–H and O–H groups in total. The Balaban J connectivity index is 4.07. The van der Waals surface area contributed by atoms with Crippen LogP contribution in [0.5, 0.6) is 0 Å². The number of carbonyl (C=O) groups is 3. The maximum absolute atomic E-state index is 12.7. The number of esters is 2. The van der Waals surface area contributed by atoms with Crippen molar-refractivity contribution in [2.24, 2.45) is 0 Å². The fourth-order valence-corrected chi connectivity index (χ4v) is 7.12. The van der Waals surface area contributed by atoms with Crippen molar-refractivity contribution >= 4 is 17.9 Å². The van der Waals surface area contributed by atoms with Gasteiger partial charge in [0.15, 0.2) is 12.4 Å². The summed E-state index contributed by atoms with van der Waals surface area (Å²) in [5.74, 6) is -2.28. The number of hydrogen-bond donors (Lipinski definition) is 0. The molecule has 9 nitrogen and oxygen atoms in total. The van der Waals surface area contributed by atoms with Crippen molar-refractivity contribution in [1.29, 1.82) is 0 Å². The molecule has 59 heavy (non-hydrogen) atoms. The van der Waals surface area contributed by atoms with Crippen LogP contribution >= 0.6 is 0 Å². The van der Waals surface area contributed by atoms with Crippen molar-refractivity contribution in [3.05, 3.63) is 12.2 Å². The molecule has 9 heteroatoms. The van der Waals surface area contributed by atoms with Crippen LogP contribution in [0.4, 0.5) is 0 Å². The van der Waals surface area contributed by atoms with E-state index in [1.165, 1.54) is 167 Å². The average molecular weight is 838 g/mol. The molecule has 2 atom stereocenters. The number of unbranched alkanes of at least 4 members (excludes halogenated alkanes) is 29. The summed E-state index contributed by atoms with van der Waals surface area (Å²) in [6, 6.07) is 0. The predicted octanol–water partition coefficient (Wildman–Crippen LogP) is 12.1. The first kappa shape index (κ1) is 57.0. The fraction of sp³-hybridized carbons (Fsp3) is 0.900. The molecule has 0 aromatic rings. The third-order valence-electron chi connectivity index (χ3n) is 11.0. The molecular formula is C50H95NO8. The van der Waals surface area contributed by atoms with E-state index in [9.17, 15) is 19.5 Å². The van der Waals surface area contributed by atoms with Gasteiger partial charge in [0.25, 0.3) is 0 Å². The van der Waals surface area contributed by atoms with E-state index in [4.69, 9.17) is 18.9 Å². The predicted molar refractivity (Wildman–Crippen MR) is 242 cm³/mol. The van der Waals surface area contributed by atoms with Gasteiger partial charge in [0.05, 0.1) is 40.3 Å². The molecule has 0 fully saturated rings. The van der Waals surface area contributed by atoms with Crippen LogP contribution in [0.15, 0.2) is 12.2 Å². The summed E-state index contributed by atoms with van der Waals surface area (Å²) in [5, 5.41) is 11.7. The maximum Gasteiger partial charge on any atom is 0.306 e. The van der Waals surface area contributed by atoms with E-state index in [-0.39, 0.29) is 32.2 Å². The molecule has 0 amide bonds. The molecule has 348 valence electrons. The van der Waals surface area contributed by atoms with Crippen LogP contribution in [0, 0.1) is 0 Å². The lowest BCUT2D eigenvalue weighted by molar-refractivity contribution is -0.870. The Morgan fingerprint density at radius 1 is 0.492 bits per heavy atom. The largest absolute Gasteiger partial charge is 0.545 e. The lowest BCUT2D eigenvalue weighted by atomic mass is 10.0. The number of ether oxygens (including phenoxy) is 4. The molecule has 0 bridgehead atoms. The van der Waals surface area contributed by atoms with Crippen LogP contribution in [-0.4, -0.2) is 82.3 Å².